The predicted octanol–water partition coefficient (Wildman–Crippen LogP) is 9.71. The van der Waals surface area contributed by atoms with Gasteiger partial charge in [-0.05, 0) is 76.6 Å². The smallest absolute Gasteiger partial charge is 0.138 e. The highest BCUT2D eigenvalue weighted by atomic mass is 15.1. The molecule has 0 bridgehead atoms. The SMILES string of the molecule is C1=Cc2c(c3ccccc3n2-c2cccc(-c3cccc(-c4cccc(-c5ccc(-c6cccc7ccccc67)cc5)n4)n3)n2)CN1. The summed E-state index contributed by atoms with van der Waals surface area (Å²) in [7, 11) is 0. The molecule has 222 valence electrons. The number of rotatable bonds is 5. The molecule has 1 aliphatic rings. The van der Waals surface area contributed by atoms with Gasteiger partial charge in [-0.3, -0.25) is 4.57 Å². The third-order valence-electron chi connectivity index (χ3n) is 8.93. The molecule has 9 rings (SSSR count). The van der Waals surface area contributed by atoms with Gasteiger partial charge in [0.15, 0.2) is 0 Å². The summed E-state index contributed by atoms with van der Waals surface area (Å²) in [6, 6.07) is 50.5. The highest BCUT2D eigenvalue weighted by Gasteiger charge is 2.19. The van der Waals surface area contributed by atoms with Crippen LogP contribution in [0.25, 0.3) is 78.7 Å². The number of fused-ring (bicyclic) bond motifs is 4. The molecule has 0 saturated heterocycles. The zero-order valence-electron chi connectivity index (χ0n) is 25.5. The van der Waals surface area contributed by atoms with Crippen LogP contribution in [0.2, 0.25) is 0 Å². The first kappa shape index (κ1) is 27.0. The van der Waals surface area contributed by atoms with Gasteiger partial charge in [0.25, 0.3) is 0 Å². The van der Waals surface area contributed by atoms with Crippen molar-refractivity contribution < 1.29 is 0 Å². The number of nitrogens with zero attached hydrogens (tertiary/aromatic N) is 4. The second-order valence-electron chi connectivity index (χ2n) is 11.7. The van der Waals surface area contributed by atoms with Crippen molar-refractivity contribution in [2.45, 2.75) is 6.54 Å². The number of nitrogens with one attached hydrogen (secondary N) is 1. The van der Waals surface area contributed by atoms with Crippen molar-refractivity contribution in [2.75, 3.05) is 0 Å². The Morgan fingerprint density at radius 3 is 1.89 bits per heavy atom. The summed E-state index contributed by atoms with van der Waals surface area (Å²) in [5.41, 5.74) is 11.2. The Kier molecular flexibility index (Phi) is 6.46. The van der Waals surface area contributed by atoms with Crippen molar-refractivity contribution in [3.05, 3.63) is 163 Å². The lowest BCUT2D eigenvalue weighted by atomic mass is 9.97. The topological polar surface area (TPSA) is 55.6 Å². The third kappa shape index (κ3) is 4.77. The Hall–Kier alpha value is -6.33. The zero-order chi connectivity index (χ0) is 31.2. The van der Waals surface area contributed by atoms with Crippen LogP contribution in [0.4, 0.5) is 0 Å². The van der Waals surface area contributed by atoms with E-state index in [4.69, 9.17) is 15.0 Å². The predicted molar refractivity (Wildman–Crippen MR) is 192 cm³/mol. The van der Waals surface area contributed by atoms with E-state index >= 15 is 0 Å². The van der Waals surface area contributed by atoms with Gasteiger partial charge in [0.1, 0.15) is 5.82 Å². The minimum Gasteiger partial charge on any atom is -0.387 e. The third-order valence-corrected chi connectivity index (χ3v) is 8.93. The number of hydrogen-bond donors (Lipinski definition) is 1. The molecule has 0 fully saturated rings. The molecule has 0 radical (unpaired) electrons. The largest absolute Gasteiger partial charge is 0.387 e. The molecule has 5 nitrogen and oxygen atoms in total. The minimum absolute atomic E-state index is 0.795. The quantitative estimate of drug-likeness (QED) is 0.213. The fraction of sp³-hybridized carbons (Fsp3) is 0.0238. The first-order valence-corrected chi connectivity index (χ1v) is 15.8. The molecule has 1 N–H and O–H groups in total. The highest BCUT2D eigenvalue weighted by Crippen LogP contribution is 2.33. The van der Waals surface area contributed by atoms with Gasteiger partial charge in [-0.1, -0.05) is 103 Å². The lowest BCUT2D eigenvalue weighted by Crippen LogP contribution is -2.11. The number of hydrogen-bond acceptors (Lipinski definition) is 4. The summed E-state index contributed by atoms with van der Waals surface area (Å²) >= 11 is 0. The van der Waals surface area contributed by atoms with Crippen molar-refractivity contribution in [2.24, 2.45) is 0 Å². The fourth-order valence-corrected chi connectivity index (χ4v) is 6.68. The molecule has 47 heavy (non-hydrogen) atoms. The molecule has 4 aromatic heterocycles. The van der Waals surface area contributed by atoms with Crippen LogP contribution < -0.4 is 5.32 Å². The van der Waals surface area contributed by atoms with E-state index in [1.54, 1.807) is 0 Å². The van der Waals surface area contributed by atoms with E-state index in [0.29, 0.717) is 0 Å². The van der Waals surface area contributed by atoms with Crippen LogP contribution >= 0.6 is 0 Å². The van der Waals surface area contributed by atoms with Gasteiger partial charge in [0.2, 0.25) is 0 Å². The fourth-order valence-electron chi connectivity index (χ4n) is 6.68. The van der Waals surface area contributed by atoms with Crippen molar-refractivity contribution in [3.63, 3.8) is 0 Å². The summed E-state index contributed by atoms with van der Waals surface area (Å²) < 4.78 is 2.24. The standard InChI is InChI=1S/C42H29N5/c1-2-11-31-28(9-1)10-5-13-32(31)29-21-23-30(24-22-29)35-14-6-15-36(44-35)37-16-7-17-38(45-37)39-18-8-20-42(46-39)47-40-19-4-3-12-33(40)34-27-43-26-25-41(34)47/h1-26,43H,27H2. The Morgan fingerprint density at radius 2 is 1.09 bits per heavy atom. The lowest BCUT2D eigenvalue weighted by Gasteiger charge is -2.13. The maximum Gasteiger partial charge on any atom is 0.138 e. The molecule has 4 aromatic carbocycles. The van der Waals surface area contributed by atoms with Crippen LogP contribution in [0.3, 0.4) is 0 Å². The molecule has 0 spiro atoms. The molecule has 0 aliphatic carbocycles. The first-order valence-electron chi connectivity index (χ1n) is 15.8. The zero-order valence-corrected chi connectivity index (χ0v) is 25.5. The van der Waals surface area contributed by atoms with E-state index in [0.717, 1.165) is 57.6 Å². The van der Waals surface area contributed by atoms with Crippen LogP contribution in [0, 0.1) is 0 Å². The molecule has 0 saturated carbocycles. The van der Waals surface area contributed by atoms with Crippen molar-refractivity contribution in [3.8, 4) is 51.0 Å². The van der Waals surface area contributed by atoms with Gasteiger partial charge >= 0.3 is 0 Å². The molecular weight excluding hydrogens is 574 g/mol. The van der Waals surface area contributed by atoms with Crippen LogP contribution in [-0.2, 0) is 6.54 Å². The van der Waals surface area contributed by atoms with E-state index in [-0.39, 0.29) is 0 Å². The Labute approximate surface area is 272 Å². The number of aromatic nitrogens is 4. The number of benzene rings is 4. The van der Waals surface area contributed by atoms with Crippen LogP contribution in [-0.4, -0.2) is 19.5 Å². The van der Waals surface area contributed by atoms with Crippen LogP contribution in [0.1, 0.15) is 11.3 Å². The normalized spacial score (nSPS) is 12.3. The lowest BCUT2D eigenvalue weighted by molar-refractivity contribution is 0.852. The van der Waals surface area contributed by atoms with Gasteiger partial charge in [0.05, 0.1) is 39.7 Å². The molecular formula is C42H29N5. The molecule has 5 heteroatoms. The number of pyridine rings is 3. The summed E-state index contributed by atoms with van der Waals surface area (Å²) in [5, 5.41) is 7.09. The summed E-state index contributed by atoms with van der Waals surface area (Å²) in [4.78, 5) is 15.2. The Balaban J connectivity index is 1.04. The summed E-state index contributed by atoms with van der Waals surface area (Å²) in [5.74, 6) is 0.866. The van der Waals surface area contributed by atoms with Crippen molar-refractivity contribution >= 4 is 27.8 Å². The second kappa shape index (κ2) is 11.2. The molecule has 0 unspecified atom stereocenters. The van der Waals surface area contributed by atoms with Crippen molar-refractivity contribution in [1.29, 1.82) is 0 Å². The molecule has 0 atom stereocenters. The second-order valence-corrected chi connectivity index (χ2v) is 11.7. The van der Waals surface area contributed by atoms with Gasteiger partial charge in [0, 0.05) is 23.1 Å². The summed E-state index contributed by atoms with van der Waals surface area (Å²) in [6.07, 6.45) is 4.13. The summed E-state index contributed by atoms with van der Waals surface area (Å²) in [6.45, 7) is 0.795. The Bertz CT molecular complexity index is 2470. The van der Waals surface area contributed by atoms with E-state index in [2.05, 4.69) is 125 Å². The van der Waals surface area contributed by atoms with Gasteiger partial charge in [-0.15, -0.1) is 0 Å². The van der Waals surface area contributed by atoms with Crippen molar-refractivity contribution in [1.82, 2.24) is 24.8 Å². The minimum atomic E-state index is 0.795. The van der Waals surface area contributed by atoms with Gasteiger partial charge < -0.3 is 5.32 Å². The van der Waals surface area contributed by atoms with Gasteiger partial charge in [-0.25, -0.2) is 15.0 Å². The average molecular weight is 604 g/mol. The van der Waals surface area contributed by atoms with E-state index in [1.165, 1.54) is 32.8 Å². The van der Waals surface area contributed by atoms with Crippen LogP contribution in [0.15, 0.2) is 152 Å². The first-order chi connectivity index (χ1) is 23.3. The maximum absolute atomic E-state index is 5.12. The number of para-hydroxylation sites is 1. The van der Waals surface area contributed by atoms with Gasteiger partial charge in [-0.2, -0.15) is 0 Å². The average Bonchev–Trinajstić information content (AvgIpc) is 3.49. The van der Waals surface area contributed by atoms with E-state index in [1.807, 2.05) is 42.6 Å². The Morgan fingerprint density at radius 1 is 0.489 bits per heavy atom. The monoisotopic (exact) mass is 603 g/mol. The maximum atomic E-state index is 5.12. The highest BCUT2D eigenvalue weighted by molar-refractivity contribution is 5.97. The molecule has 0 amide bonds. The van der Waals surface area contributed by atoms with E-state index < -0.39 is 0 Å². The molecule has 1 aliphatic heterocycles. The molecule has 5 heterocycles. The molecule has 8 aromatic rings. The van der Waals surface area contributed by atoms with Crippen LogP contribution in [0.5, 0.6) is 0 Å². The van der Waals surface area contributed by atoms with E-state index in [9.17, 15) is 0 Å².